The molecule has 0 atom stereocenters. The molecule has 2 aromatic heterocycles. The molecule has 1 aromatic carbocycles. The van der Waals surface area contributed by atoms with Crippen LogP contribution >= 0.6 is 11.6 Å². The summed E-state index contributed by atoms with van der Waals surface area (Å²) in [6.45, 7) is 13.3. The number of carbonyl (C=O) groups excluding carboxylic acids is 2. The van der Waals surface area contributed by atoms with Crippen molar-refractivity contribution in [3.8, 4) is 0 Å². The number of nitrogens with zero attached hydrogens (tertiary/aromatic N) is 4. The van der Waals surface area contributed by atoms with Crippen molar-refractivity contribution >= 4 is 34.2 Å². The van der Waals surface area contributed by atoms with Gasteiger partial charge in [0, 0.05) is 49.1 Å². The van der Waals surface area contributed by atoms with E-state index in [9.17, 15) is 9.59 Å². The van der Waals surface area contributed by atoms with Crippen LogP contribution in [0, 0.1) is 12.8 Å². The Morgan fingerprint density at radius 3 is 2.56 bits per heavy atom. The summed E-state index contributed by atoms with van der Waals surface area (Å²) in [5, 5.41) is 9.44. The molecule has 0 aliphatic carbocycles. The molecule has 7 nitrogen and oxygen atoms in total. The fraction of sp³-hybridized carbons (Fsp3) is 0.500. The highest BCUT2D eigenvalue weighted by atomic mass is 35.5. The number of benzene rings is 1. The molecule has 1 saturated heterocycles. The van der Waals surface area contributed by atoms with Gasteiger partial charge in [0.05, 0.1) is 11.2 Å². The molecular formula is C28H36ClN5O2. The monoisotopic (exact) mass is 509 g/mol. The summed E-state index contributed by atoms with van der Waals surface area (Å²) < 4.78 is 1.95. The minimum absolute atomic E-state index is 0.0327. The molecule has 0 radical (unpaired) electrons. The third-order valence-corrected chi connectivity index (χ3v) is 7.64. The van der Waals surface area contributed by atoms with Crippen LogP contribution in [0.3, 0.4) is 0 Å². The number of likely N-dealkylation sites (tertiary alicyclic amines) is 1. The molecule has 36 heavy (non-hydrogen) atoms. The van der Waals surface area contributed by atoms with E-state index in [1.165, 1.54) is 6.08 Å². The van der Waals surface area contributed by atoms with E-state index in [1.807, 2.05) is 24.6 Å². The number of amides is 1. The van der Waals surface area contributed by atoms with Crippen LogP contribution in [0.1, 0.15) is 73.3 Å². The van der Waals surface area contributed by atoms with Crippen molar-refractivity contribution < 1.29 is 9.59 Å². The van der Waals surface area contributed by atoms with Gasteiger partial charge in [-0.05, 0) is 61.3 Å². The fourth-order valence-electron chi connectivity index (χ4n) is 5.24. The second-order valence-electron chi connectivity index (χ2n) is 10.9. The van der Waals surface area contributed by atoms with E-state index in [-0.39, 0.29) is 23.0 Å². The molecule has 0 spiro atoms. The van der Waals surface area contributed by atoms with Gasteiger partial charge in [-0.15, -0.1) is 0 Å². The first-order valence-corrected chi connectivity index (χ1v) is 13.0. The number of piperidine rings is 1. The van der Waals surface area contributed by atoms with Crippen LogP contribution in [-0.2, 0) is 30.1 Å². The molecule has 3 heterocycles. The third-order valence-electron chi connectivity index (χ3n) is 7.33. The predicted octanol–water partition coefficient (Wildman–Crippen LogP) is 5.34. The SMILES string of the molecule is C=CC(=O)N1CCC(CC(=O)c2c(C)nc(CCc3[nH]nc4cc(Cl)c(C(C)(C)C)cc34)n2C)CC1. The second-order valence-corrected chi connectivity index (χ2v) is 11.3. The van der Waals surface area contributed by atoms with Gasteiger partial charge in [0.1, 0.15) is 11.5 Å². The molecule has 8 heteroatoms. The molecule has 0 bridgehead atoms. The van der Waals surface area contributed by atoms with Gasteiger partial charge in [-0.1, -0.05) is 39.0 Å². The van der Waals surface area contributed by atoms with Gasteiger partial charge in [0.2, 0.25) is 5.91 Å². The van der Waals surface area contributed by atoms with E-state index in [1.54, 1.807) is 4.90 Å². The van der Waals surface area contributed by atoms with Crippen molar-refractivity contribution in [2.45, 2.75) is 65.2 Å². The minimum atomic E-state index is -0.0658. The van der Waals surface area contributed by atoms with Gasteiger partial charge in [-0.2, -0.15) is 5.10 Å². The summed E-state index contributed by atoms with van der Waals surface area (Å²) in [5.41, 5.74) is 4.39. The Hall–Kier alpha value is -2.93. The first-order valence-electron chi connectivity index (χ1n) is 12.6. The van der Waals surface area contributed by atoms with Crippen LogP contribution in [0.25, 0.3) is 10.9 Å². The zero-order valence-corrected chi connectivity index (χ0v) is 22.7. The lowest BCUT2D eigenvalue weighted by Crippen LogP contribution is -2.38. The Balaban J connectivity index is 1.45. The van der Waals surface area contributed by atoms with E-state index in [2.05, 4.69) is 43.6 Å². The van der Waals surface area contributed by atoms with Gasteiger partial charge in [0.25, 0.3) is 0 Å². The normalized spacial score (nSPS) is 15.0. The number of aryl methyl sites for hydroxylation is 3. The number of Topliss-reactive ketones (excluding diaryl/α,β-unsaturated/α-hetero) is 1. The Labute approximate surface area is 217 Å². The van der Waals surface area contributed by atoms with Crippen LogP contribution in [-0.4, -0.2) is 49.4 Å². The van der Waals surface area contributed by atoms with E-state index < -0.39 is 0 Å². The highest BCUT2D eigenvalue weighted by molar-refractivity contribution is 6.32. The number of H-pyrrole nitrogens is 1. The lowest BCUT2D eigenvalue weighted by molar-refractivity contribution is -0.127. The number of nitrogens with one attached hydrogen (secondary N) is 1. The molecular weight excluding hydrogens is 474 g/mol. The Morgan fingerprint density at radius 1 is 1.22 bits per heavy atom. The summed E-state index contributed by atoms with van der Waals surface area (Å²) in [4.78, 5) is 31.6. The molecule has 1 fully saturated rings. The van der Waals surface area contributed by atoms with Gasteiger partial charge < -0.3 is 9.47 Å². The van der Waals surface area contributed by atoms with Gasteiger partial charge in [-0.3, -0.25) is 14.7 Å². The first-order chi connectivity index (χ1) is 17.0. The molecule has 1 aliphatic rings. The van der Waals surface area contributed by atoms with Crippen molar-refractivity contribution in [2.75, 3.05) is 13.1 Å². The number of halogens is 1. The predicted molar refractivity (Wildman–Crippen MR) is 144 cm³/mol. The maximum atomic E-state index is 13.2. The maximum absolute atomic E-state index is 13.2. The van der Waals surface area contributed by atoms with Crippen LogP contribution in [0.2, 0.25) is 5.02 Å². The summed E-state index contributed by atoms with van der Waals surface area (Å²) >= 11 is 6.52. The highest BCUT2D eigenvalue weighted by Gasteiger charge is 2.26. The molecule has 1 N–H and O–H groups in total. The average molecular weight is 510 g/mol. The van der Waals surface area contributed by atoms with Crippen molar-refractivity contribution in [1.82, 2.24) is 24.6 Å². The summed E-state index contributed by atoms with van der Waals surface area (Å²) in [6, 6.07) is 4.07. The van der Waals surface area contributed by atoms with Gasteiger partial charge in [0.15, 0.2) is 5.78 Å². The number of ketones is 1. The summed E-state index contributed by atoms with van der Waals surface area (Å²) in [6.07, 6.45) is 4.94. The Bertz CT molecular complexity index is 1310. The first kappa shape index (κ1) is 26.1. The fourth-order valence-corrected chi connectivity index (χ4v) is 5.68. The summed E-state index contributed by atoms with van der Waals surface area (Å²) in [5.74, 6) is 1.26. The number of hydrogen-bond acceptors (Lipinski definition) is 4. The number of hydrogen-bond donors (Lipinski definition) is 1. The zero-order valence-electron chi connectivity index (χ0n) is 21.9. The van der Waals surface area contributed by atoms with E-state index in [0.717, 1.165) is 58.0 Å². The number of carbonyl (C=O) groups is 2. The average Bonchev–Trinajstić information content (AvgIpc) is 3.35. The lowest BCUT2D eigenvalue weighted by Gasteiger charge is -2.31. The topological polar surface area (TPSA) is 83.9 Å². The molecule has 3 aromatic rings. The molecule has 0 unspecified atom stereocenters. The Morgan fingerprint density at radius 2 is 1.92 bits per heavy atom. The number of imidazole rings is 1. The van der Waals surface area contributed by atoms with Crippen LogP contribution in [0.15, 0.2) is 24.8 Å². The highest BCUT2D eigenvalue weighted by Crippen LogP contribution is 2.34. The largest absolute Gasteiger partial charge is 0.339 e. The lowest BCUT2D eigenvalue weighted by atomic mass is 9.86. The Kier molecular flexibility index (Phi) is 7.41. The van der Waals surface area contributed by atoms with Gasteiger partial charge in [-0.25, -0.2) is 4.98 Å². The standard InChI is InChI=1S/C28H36ClN5O2/c1-7-26(36)34-12-10-18(11-13-34)14-24(35)27-17(2)30-25(33(27)6)9-8-22-19-15-20(28(3,4)5)21(29)16-23(19)32-31-22/h7,15-16,18H,1,8-14H2,2-6H3,(H,31,32). The number of rotatable bonds is 7. The second kappa shape index (κ2) is 10.2. The van der Waals surface area contributed by atoms with Crippen molar-refractivity contribution in [1.29, 1.82) is 0 Å². The number of aromatic nitrogens is 4. The van der Waals surface area contributed by atoms with Crippen molar-refractivity contribution in [3.63, 3.8) is 0 Å². The minimum Gasteiger partial charge on any atom is -0.339 e. The smallest absolute Gasteiger partial charge is 0.245 e. The number of fused-ring (bicyclic) bond motifs is 1. The van der Waals surface area contributed by atoms with Crippen molar-refractivity contribution in [3.05, 3.63) is 58.3 Å². The summed E-state index contributed by atoms with van der Waals surface area (Å²) in [7, 11) is 1.93. The third kappa shape index (κ3) is 5.26. The van der Waals surface area contributed by atoms with E-state index in [4.69, 9.17) is 16.6 Å². The molecule has 1 aliphatic heterocycles. The quantitative estimate of drug-likeness (QED) is 0.344. The van der Waals surface area contributed by atoms with Crippen molar-refractivity contribution in [2.24, 2.45) is 13.0 Å². The molecule has 0 saturated carbocycles. The molecule has 1 amide bonds. The zero-order chi connectivity index (χ0) is 26.2. The van der Waals surface area contributed by atoms with Crippen LogP contribution < -0.4 is 0 Å². The van der Waals surface area contributed by atoms with Gasteiger partial charge >= 0.3 is 0 Å². The van der Waals surface area contributed by atoms with Crippen LogP contribution in [0.4, 0.5) is 0 Å². The van der Waals surface area contributed by atoms with E-state index >= 15 is 0 Å². The van der Waals surface area contributed by atoms with Crippen LogP contribution in [0.5, 0.6) is 0 Å². The molecule has 4 rings (SSSR count). The molecule has 192 valence electrons. The van der Waals surface area contributed by atoms with E-state index in [0.29, 0.717) is 31.6 Å². The number of aromatic amines is 1. The maximum Gasteiger partial charge on any atom is 0.245 e.